The van der Waals surface area contributed by atoms with Gasteiger partial charge in [0.05, 0.1) is 26.2 Å². The van der Waals surface area contributed by atoms with Crippen molar-refractivity contribution in [2.45, 2.75) is 6.54 Å². The Kier molecular flexibility index (Phi) is 4.43. The van der Waals surface area contributed by atoms with Gasteiger partial charge in [0.1, 0.15) is 5.82 Å². The molecule has 1 fully saturated rings. The number of anilines is 1. The lowest BCUT2D eigenvalue weighted by Gasteiger charge is -2.33. The zero-order valence-corrected chi connectivity index (χ0v) is 13.9. The summed E-state index contributed by atoms with van der Waals surface area (Å²) in [6.07, 6.45) is 0. The molecule has 1 aliphatic rings. The molecular weight excluding hydrogens is 319 g/mol. The van der Waals surface area contributed by atoms with Crippen LogP contribution < -0.4 is 9.80 Å². The zero-order valence-electron chi connectivity index (χ0n) is 13.9. The smallest absolute Gasteiger partial charge is 0.282 e. The first kappa shape index (κ1) is 15.8. The fourth-order valence-electron chi connectivity index (χ4n) is 3.15. The topological polar surface area (TPSA) is 46.6 Å². The van der Waals surface area contributed by atoms with Crippen molar-refractivity contribution in [3.63, 3.8) is 0 Å². The maximum Gasteiger partial charge on any atom is 0.282 e. The molecule has 2 aromatic carbocycles. The Labute approximate surface area is 145 Å². The quantitative estimate of drug-likeness (QED) is 0.787. The third kappa shape index (κ3) is 3.69. The standard InChI is InChI=1S/C19H19FN4O/c20-16-6-8-17(9-7-16)24-12-10-23(11-13-24)14-18-21-19(22-25-18)15-4-2-1-3-5-15/h1-9H,10-14H2/p+1. The fourth-order valence-corrected chi connectivity index (χ4v) is 3.15. The molecule has 1 N–H and O–H groups in total. The van der Waals surface area contributed by atoms with Crippen molar-refractivity contribution in [2.75, 3.05) is 31.1 Å². The van der Waals surface area contributed by atoms with Crippen LogP contribution in [0.4, 0.5) is 10.1 Å². The maximum atomic E-state index is 13.0. The monoisotopic (exact) mass is 339 g/mol. The van der Waals surface area contributed by atoms with Crippen LogP contribution >= 0.6 is 0 Å². The van der Waals surface area contributed by atoms with Crippen LogP contribution in [0.5, 0.6) is 0 Å². The molecule has 0 unspecified atom stereocenters. The van der Waals surface area contributed by atoms with Crippen LogP contribution in [-0.4, -0.2) is 36.3 Å². The van der Waals surface area contributed by atoms with E-state index >= 15 is 0 Å². The van der Waals surface area contributed by atoms with Crippen molar-refractivity contribution in [2.24, 2.45) is 0 Å². The van der Waals surface area contributed by atoms with Crippen molar-refractivity contribution in [3.8, 4) is 11.4 Å². The Balaban J connectivity index is 1.34. The van der Waals surface area contributed by atoms with Gasteiger partial charge in [-0.05, 0) is 24.3 Å². The summed E-state index contributed by atoms with van der Waals surface area (Å²) in [6.45, 7) is 4.57. The van der Waals surface area contributed by atoms with E-state index in [1.165, 1.54) is 17.0 Å². The third-order valence-corrected chi connectivity index (χ3v) is 4.56. The third-order valence-electron chi connectivity index (χ3n) is 4.56. The molecule has 0 spiro atoms. The minimum atomic E-state index is -0.196. The number of hydrogen-bond acceptors (Lipinski definition) is 4. The molecule has 25 heavy (non-hydrogen) atoms. The largest absolute Gasteiger partial charge is 0.360 e. The first-order chi connectivity index (χ1) is 12.3. The number of rotatable bonds is 4. The summed E-state index contributed by atoms with van der Waals surface area (Å²) in [6, 6.07) is 16.5. The van der Waals surface area contributed by atoms with Crippen LogP contribution in [0.2, 0.25) is 0 Å². The zero-order chi connectivity index (χ0) is 17.1. The number of hydrogen-bond donors (Lipinski definition) is 1. The van der Waals surface area contributed by atoms with Crippen LogP contribution in [0.15, 0.2) is 59.1 Å². The molecule has 0 radical (unpaired) electrons. The second kappa shape index (κ2) is 7.03. The van der Waals surface area contributed by atoms with Gasteiger partial charge < -0.3 is 14.3 Å². The molecule has 4 rings (SSSR count). The van der Waals surface area contributed by atoms with Crippen molar-refractivity contribution in [1.29, 1.82) is 0 Å². The molecule has 0 atom stereocenters. The molecule has 1 aliphatic heterocycles. The molecule has 2 heterocycles. The molecule has 0 bridgehead atoms. The molecule has 6 heteroatoms. The van der Waals surface area contributed by atoms with E-state index in [2.05, 4.69) is 15.0 Å². The van der Waals surface area contributed by atoms with E-state index < -0.39 is 0 Å². The van der Waals surface area contributed by atoms with Crippen LogP contribution in [0, 0.1) is 5.82 Å². The molecule has 0 aliphatic carbocycles. The second-order valence-electron chi connectivity index (χ2n) is 6.27. The first-order valence-corrected chi connectivity index (χ1v) is 8.50. The van der Waals surface area contributed by atoms with Gasteiger partial charge in [-0.25, -0.2) is 4.39 Å². The van der Waals surface area contributed by atoms with Gasteiger partial charge in [0.15, 0.2) is 6.54 Å². The van der Waals surface area contributed by atoms with E-state index in [0.717, 1.165) is 44.0 Å². The highest BCUT2D eigenvalue weighted by Crippen LogP contribution is 2.15. The minimum Gasteiger partial charge on any atom is -0.360 e. The molecule has 128 valence electrons. The predicted molar refractivity (Wildman–Crippen MR) is 92.7 cm³/mol. The van der Waals surface area contributed by atoms with Gasteiger partial charge in [0.25, 0.3) is 5.89 Å². The first-order valence-electron chi connectivity index (χ1n) is 8.50. The maximum absolute atomic E-state index is 13.0. The highest BCUT2D eigenvalue weighted by Gasteiger charge is 2.22. The van der Waals surface area contributed by atoms with Crippen molar-refractivity contribution < 1.29 is 13.8 Å². The van der Waals surface area contributed by atoms with Crippen molar-refractivity contribution in [3.05, 3.63) is 66.3 Å². The van der Waals surface area contributed by atoms with Gasteiger partial charge in [-0.1, -0.05) is 35.5 Å². The van der Waals surface area contributed by atoms with E-state index in [4.69, 9.17) is 4.52 Å². The molecule has 0 amide bonds. The van der Waals surface area contributed by atoms with Crippen LogP contribution in [0.3, 0.4) is 0 Å². The van der Waals surface area contributed by atoms with Gasteiger partial charge in [0.2, 0.25) is 5.82 Å². The highest BCUT2D eigenvalue weighted by molar-refractivity contribution is 5.53. The lowest BCUT2D eigenvalue weighted by molar-refractivity contribution is -0.915. The number of aromatic nitrogens is 2. The summed E-state index contributed by atoms with van der Waals surface area (Å²) >= 11 is 0. The Morgan fingerprint density at radius 3 is 2.44 bits per heavy atom. The van der Waals surface area contributed by atoms with E-state index in [9.17, 15) is 4.39 Å². The summed E-state index contributed by atoms with van der Waals surface area (Å²) < 4.78 is 18.4. The van der Waals surface area contributed by atoms with Gasteiger partial charge in [-0.15, -0.1) is 0 Å². The number of piperazine rings is 1. The Bertz CT molecular complexity index is 811. The fraction of sp³-hybridized carbons (Fsp3) is 0.263. The SMILES string of the molecule is Fc1ccc(N2CC[NH+](Cc3nc(-c4ccccc4)no3)CC2)cc1. The van der Waals surface area contributed by atoms with Gasteiger partial charge in [-0.2, -0.15) is 4.98 Å². The number of nitrogens with zero attached hydrogens (tertiary/aromatic N) is 3. The average Bonchev–Trinajstić information content (AvgIpc) is 3.12. The number of quaternary nitrogens is 1. The lowest BCUT2D eigenvalue weighted by Crippen LogP contribution is -3.13. The summed E-state index contributed by atoms with van der Waals surface area (Å²) in [5, 5.41) is 4.08. The van der Waals surface area contributed by atoms with E-state index in [0.29, 0.717) is 11.7 Å². The van der Waals surface area contributed by atoms with Crippen molar-refractivity contribution in [1.82, 2.24) is 10.1 Å². The van der Waals surface area contributed by atoms with Crippen molar-refractivity contribution >= 4 is 5.69 Å². The highest BCUT2D eigenvalue weighted by atomic mass is 19.1. The van der Waals surface area contributed by atoms with Crippen LogP contribution in [-0.2, 0) is 6.54 Å². The lowest BCUT2D eigenvalue weighted by atomic mass is 10.2. The summed E-state index contributed by atoms with van der Waals surface area (Å²) in [5.41, 5.74) is 2.04. The number of benzene rings is 2. The number of nitrogens with one attached hydrogen (secondary N) is 1. The predicted octanol–water partition coefficient (Wildman–Crippen LogP) is 1.78. The summed E-state index contributed by atoms with van der Waals surface area (Å²) in [5.74, 6) is 1.11. The average molecular weight is 339 g/mol. The van der Waals surface area contributed by atoms with Crippen LogP contribution in [0.25, 0.3) is 11.4 Å². The van der Waals surface area contributed by atoms with Gasteiger partial charge in [-0.3, -0.25) is 0 Å². The summed E-state index contributed by atoms with van der Waals surface area (Å²) in [7, 11) is 0. The Morgan fingerprint density at radius 2 is 1.72 bits per heavy atom. The number of halogens is 1. The molecular formula is C19H20FN4O+. The van der Waals surface area contributed by atoms with Gasteiger partial charge in [0, 0.05) is 11.3 Å². The molecule has 3 aromatic rings. The van der Waals surface area contributed by atoms with E-state index in [1.54, 1.807) is 0 Å². The summed E-state index contributed by atoms with van der Waals surface area (Å²) in [4.78, 5) is 8.21. The van der Waals surface area contributed by atoms with Crippen LogP contribution in [0.1, 0.15) is 5.89 Å². The minimum absolute atomic E-state index is 0.196. The van der Waals surface area contributed by atoms with E-state index in [1.807, 2.05) is 42.5 Å². The Hall–Kier alpha value is -2.73. The Morgan fingerprint density at radius 1 is 1.00 bits per heavy atom. The second-order valence-corrected chi connectivity index (χ2v) is 6.27. The molecule has 1 saturated heterocycles. The molecule has 1 aromatic heterocycles. The molecule has 0 saturated carbocycles. The van der Waals surface area contributed by atoms with E-state index in [-0.39, 0.29) is 5.82 Å². The molecule has 5 nitrogen and oxygen atoms in total. The normalized spacial score (nSPS) is 15.5. The van der Waals surface area contributed by atoms with Gasteiger partial charge >= 0.3 is 0 Å².